The van der Waals surface area contributed by atoms with Gasteiger partial charge in [-0.15, -0.1) is 0 Å². The third-order valence-electron chi connectivity index (χ3n) is 5.13. The lowest BCUT2D eigenvalue weighted by atomic mass is 10.1. The minimum absolute atomic E-state index is 0.311. The number of ether oxygens (including phenoxy) is 4. The molecule has 1 N–H and O–H groups in total. The molecule has 0 aromatic heterocycles. The molecule has 9 nitrogen and oxygen atoms in total. The predicted octanol–water partition coefficient (Wildman–Crippen LogP) is 2.51. The Morgan fingerprint density at radius 1 is 1.03 bits per heavy atom. The molecule has 0 saturated carbocycles. The Morgan fingerprint density at radius 3 is 2.34 bits per heavy atom. The van der Waals surface area contributed by atoms with Crippen LogP contribution in [-0.4, -0.2) is 54.1 Å². The smallest absolute Gasteiger partial charge is 0.244 e. The van der Waals surface area contributed by atoms with Gasteiger partial charge in [-0.1, -0.05) is 0 Å². The number of hydrogen-bond acceptors (Lipinski definition) is 7. The van der Waals surface area contributed by atoms with Crippen LogP contribution in [0.3, 0.4) is 0 Å². The minimum Gasteiger partial charge on any atom is -0.497 e. The van der Waals surface area contributed by atoms with E-state index in [1.165, 1.54) is 14.0 Å². The van der Waals surface area contributed by atoms with Gasteiger partial charge in [-0.05, 0) is 44.2 Å². The molecule has 0 saturated heterocycles. The van der Waals surface area contributed by atoms with Crippen LogP contribution in [0.2, 0.25) is 0 Å². The molecule has 10 heteroatoms. The van der Waals surface area contributed by atoms with Crippen LogP contribution >= 0.6 is 0 Å². The number of carbonyl (C=O) groups excluding carboxylic acids is 1. The maximum Gasteiger partial charge on any atom is 0.244 e. The first kappa shape index (κ1) is 23.5. The van der Waals surface area contributed by atoms with Crippen LogP contribution in [0.4, 0.5) is 5.69 Å². The summed E-state index contributed by atoms with van der Waals surface area (Å²) < 4.78 is 48.0. The maximum absolute atomic E-state index is 13.1. The maximum atomic E-state index is 13.1. The second-order valence-corrected chi connectivity index (χ2v) is 9.26. The van der Waals surface area contributed by atoms with Crippen molar-refractivity contribution >= 4 is 21.6 Å². The lowest BCUT2D eigenvalue weighted by Gasteiger charge is -2.30. The van der Waals surface area contributed by atoms with Gasteiger partial charge in [-0.3, -0.25) is 9.10 Å². The van der Waals surface area contributed by atoms with Gasteiger partial charge in [-0.25, -0.2) is 8.42 Å². The molecule has 1 aliphatic heterocycles. The van der Waals surface area contributed by atoms with Crippen molar-refractivity contribution in [1.29, 1.82) is 0 Å². The molecule has 32 heavy (non-hydrogen) atoms. The number of carbonyl (C=O) groups is 1. The van der Waals surface area contributed by atoms with E-state index in [1.807, 2.05) is 0 Å². The Morgan fingerprint density at radius 2 is 1.72 bits per heavy atom. The van der Waals surface area contributed by atoms with Gasteiger partial charge < -0.3 is 24.3 Å². The first-order chi connectivity index (χ1) is 15.2. The molecule has 0 aliphatic carbocycles. The second kappa shape index (κ2) is 9.56. The Balaban J connectivity index is 1.86. The molecule has 2 unspecified atom stereocenters. The van der Waals surface area contributed by atoms with Gasteiger partial charge in [0, 0.05) is 11.6 Å². The van der Waals surface area contributed by atoms with Gasteiger partial charge in [0.05, 0.1) is 32.2 Å². The van der Waals surface area contributed by atoms with Gasteiger partial charge in [0.2, 0.25) is 15.9 Å². The first-order valence-electron chi connectivity index (χ1n) is 10.1. The molecule has 2 aromatic carbocycles. The highest BCUT2D eigenvalue weighted by Gasteiger charge is 2.31. The van der Waals surface area contributed by atoms with Gasteiger partial charge in [0.1, 0.15) is 30.8 Å². The SMILES string of the molecule is COc1ccc(OC)c(C(C)NC(=O)C(C)N(c2ccc3c(c2)OCCO3)S(C)(=O)=O)c1. The summed E-state index contributed by atoms with van der Waals surface area (Å²) in [6.07, 6.45) is 1.06. The van der Waals surface area contributed by atoms with Crippen LogP contribution in [0.25, 0.3) is 0 Å². The normalized spacial score (nSPS) is 14.8. The number of benzene rings is 2. The third-order valence-corrected chi connectivity index (χ3v) is 6.37. The number of rotatable bonds is 8. The summed E-state index contributed by atoms with van der Waals surface area (Å²) in [4.78, 5) is 13.1. The number of anilines is 1. The fourth-order valence-corrected chi connectivity index (χ4v) is 4.73. The summed E-state index contributed by atoms with van der Waals surface area (Å²) in [6, 6.07) is 8.58. The molecule has 0 radical (unpaired) electrons. The molecule has 174 valence electrons. The van der Waals surface area contributed by atoms with Crippen molar-refractivity contribution in [1.82, 2.24) is 5.32 Å². The summed E-state index contributed by atoms with van der Waals surface area (Å²) in [5.74, 6) is 1.69. The van der Waals surface area contributed by atoms with Crippen LogP contribution in [0.5, 0.6) is 23.0 Å². The van der Waals surface area contributed by atoms with E-state index in [-0.39, 0.29) is 0 Å². The zero-order chi connectivity index (χ0) is 23.5. The Labute approximate surface area is 188 Å². The summed E-state index contributed by atoms with van der Waals surface area (Å²) in [5.41, 5.74) is 1.02. The summed E-state index contributed by atoms with van der Waals surface area (Å²) >= 11 is 0. The molecule has 1 aliphatic rings. The minimum atomic E-state index is -3.78. The van der Waals surface area contributed by atoms with Crippen LogP contribution in [0, 0.1) is 0 Å². The van der Waals surface area contributed by atoms with Gasteiger partial charge in [0.15, 0.2) is 11.5 Å². The van der Waals surface area contributed by atoms with Crippen LogP contribution in [0.15, 0.2) is 36.4 Å². The summed E-state index contributed by atoms with van der Waals surface area (Å²) in [5, 5.41) is 2.87. The van der Waals surface area contributed by atoms with Crippen LogP contribution in [-0.2, 0) is 14.8 Å². The average molecular weight is 465 g/mol. The Hall–Kier alpha value is -3.14. The summed E-state index contributed by atoms with van der Waals surface area (Å²) in [7, 11) is -0.694. The van der Waals surface area contributed by atoms with E-state index in [2.05, 4.69) is 5.32 Å². The zero-order valence-corrected chi connectivity index (χ0v) is 19.6. The highest BCUT2D eigenvalue weighted by atomic mass is 32.2. The van der Waals surface area contributed by atoms with Gasteiger partial charge in [0.25, 0.3) is 0 Å². The number of amides is 1. The first-order valence-corrected chi connectivity index (χ1v) is 11.9. The predicted molar refractivity (Wildman–Crippen MR) is 120 cm³/mol. The molecule has 0 bridgehead atoms. The molecule has 1 heterocycles. The molecule has 0 spiro atoms. The van der Waals surface area contributed by atoms with E-state index in [1.54, 1.807) is 50.4 Å². The second-order valence-electron chi connectivity index (χ2n) is 7.40. The molecule has 3 rings (SSSR count). The van der Waals surface area contributed by atoms with E-state index >= 15 is 0 Å². The lowest BCUT2D eigenvalue weighted by molar-refractivity contribution is -0.122. The standard InChI is InChI=1S/C22H28N2O7S/c1-14(18-13-17(28-3)7-9-19(18)29-4)23-22(25)15(2)24(32(5,26)27)16-6-8-20-21(12-16)31-11-10-30-20/h6-9,12-15H,10-11H2,1-5H3,(H,23,25). The lowest BCUT2D eigenvalue weighted by Crippen LogP contribution is -2.48. The molecule has 1 amide bonds. The molecule has 2 atom stereocenters. The molecule has 2 aromatic rings. The Kier molecular flexibility index (Phi) is 7.02. The van der Waals surface area contributed by atoms with Crippen molar-refractivity contribution in [2.75, 3.05) is 38.0 Å². The Bertz CT molecular complexity index is 1090. The van der Waals surface area contributed by atoms with Crippen LogP contribution in [0.1, 0.15) is 25.5 Å². The van der Waals surface area contributed by atoms with Crippen LogP contribution < -0.4 is 28.6 Å². The van der Waals surface area contributed by atoms with Crippen molar-refractivity contribution in [3.63, 3.8) is 0 Å². The van der Waals surface area contributed by atoms with Gasteiger partial charge >= 0.3 is 0 Å². The van der Waals surface area contributed by atoms with Crippen molar-refractivity contribution in [3.05, 3.63) is 42.0 Å². The van der Waals surface area contributed by atoms with Crippen molar-refractivity contribution in [3.8, 4) is 23.0 Å². The monoisotopic (exact) mass is 464 g/mol. The van der Waals surface area contributed by atoms with E-state index in [0.29, 0.717) is 47.5 Å². The number of hydrogen-bond donors (Lipinski definition) is 1. The highest BCUT2D eigenvalue weighted by Crippen LogP contribution is 2.35. The quantitative estimate of drug-likeness (QED) is 0.640. The summed E-state index contributed by atoms with van der Waals surface area (Å²) in [6.45, 7) is 4.11. The number of nitrogens with one attached hydrogen (secondary N) is 1. The van der Waals surface area contributed by atoms with Crippen molar-refractivity contribution in [2.24, 2.45) is 0 Å². The van der Waals surface area contributed by atoms with E-state index < -0.39 is 28.0 Å². The number of fused-ring (bicyclic) bond motifs is 1. The average Bonchev–Trinajstić information content (AvgIpc) is 2.77. The van der Waals surface area contributed by atoms with E-state index in [9.17, 15) is 13.2 Å². The number of nitrogens with zero attached hydrogens (tertiary/aromatic N) is 1. The van der Waals surface area contributed by atoms with Gasteiger partial charge in [-0.2, -0.15) is 0 Å². The van der Waals surface area contributed by atoms with Crippen molar-refractivity contribution < 1.29 is 32.2 Å². The molecule has 0 fully saturated rings. The van der Waals surface area contributed by atoms with E-state index in [4.69, 9.17) is 18.9 Å². The number of sulfonamides is 1. The van der Waals surface area contributed by atoms with Crippen molar-refractivity contribution in [2.45, 2.75) is 25.9 Å². The largest absolute Gasteiger partial charge is 0.497 e. The third kappa shape index (κ3) is 5.01. The molecular formula is C22H28N2O7S. The van der Waals surface area contributed by atoms with E-state index in [0.717, 1.165) is 10.6 Å². The fourth-order valence-electron chi connectivity index (χ4n) is 3.57. The highest BCUT2D eigenvalue weighted by molar-refractivity contribution is 7.92. The zero-order valence-electron chi connectivity index (χ0n) is 18.7. The topological polar surface area (TPSA) is 103 Å². The number of methoxy groups -OCH3 is 2. The molecular weight excluding hydrogens is 436 g/mol. The fraction of sp³-hybridized carbons (Fsp3) is 0.409.